The lowest BCUT2D eigenvalue weighted by Crippen LogP contribution is -2.62. The molecule has 8 bridgehead atoms. The second-order valence-electron chi connectivity index (χ2n) is 16.2. The van der Waals surface area contributed by atoms with Crippen LogP contribution < -0.4 is 42.5 Å². The topological polar surface area (TPSA) is 123 Å². The van der Waals surface area contributed by atoms with E-state index < -0.39 is 0 Å². The van der Waals surface area contributed by atoms with Crippen LogP contribution in [0.5, 0.6) is 0 Å². The van der Waals surface area contributed by atoms with Crippen LogP contribution in [0, 0.1) is 53.3 Å². The molecule has 246 valence electrons. The highest BCUT2D eigenvalue weighted by Gasteiger charge is 2.56. The van der Waals surface area contributed by atoms with Gasteiger partial charge in [-0.25, -0.2) is 0 Å². The van der Waals surface area contributed by atoms with Crippen LogP contribution >= 0.6 is 11.9 Å². The van der Waals surface area contributed by atoms with Gasteiger partial charge in [0.25, 0.3) is 0 Å². The molecule has 0 radical (unpaired) electrons. The van der Waals surface area contributed by atoms with Crippen molar-refractivity contribution in [2.24, 2.45) is 53.3 Å². The van der Waals surface area contributed by atoms with E-state index in [2.05, 4.69) is 42.5 Å². The zero-order chi connectivity index (χ0) is 29.4. The van der Waals surface area contributed by atoms with Crippen molar-refractivity contribution in [3.05, 3.63) is 0 Å². The molecular weight excluding hydrogens is 576 g/mol. The first-order valence-corrected chi connectivity index (χ1v) is 18.9. The maximum Gasteiger partial charge on any atom is 0.328 e. The Bertz CT molecular complexity index is 1070. The van der Waals surface area contributed by atoms with Crippen molar-refractivity contribution >= 4 is 17.8 Å². The maximum absolute atomic E-state index is 13.1. The minimum absolute atomic E-state index is 0.0273. The van der Waals surface area contributed by atoms with Gasteiger partial charge in [-0.15, -0.1) is 0 Å². The van der Waals surface area contributed by atoms with Crippen LogP contribution in [0.15, 0.2) is 0 Å². The molecule has 5 heterocycles. The van der Waals surface area contributed by atoms with Crippen molar-refractivity contribution < 1.29 is 9.08 Å². The average molecular weight is 631 g/mol. The fourth-order valence-electron chi connectivity index (χ4n) is 12.4. The number of hydrogen-bond acceptors (Lipinski definition) is 10. The summed E-state index contributed by atoms with van der Waals surface area (Å²) in [6, 6.07) is 0. The fourth-order valence-corrected chi connectivity index (χ4v) is 12.5. The molecule has 9 rings (SSSR count). The van der Waals surface area contributed by atoms with Crippen molar-refractivity contribution in [2.75, 3.05) is 0 Å². The van der Waals surface area contributed by atoms with E-state index in [0.717, 1.165) is 19.3 Å². The molecule has 8 N–H and O–H groups in total. The van der Waals surface area contributed by atoms with E-state index in [1.54, 1.807) is 0 Å². The first kappa shape index (κ1) is 29.6. The Balaban J connectivity index is 1.07. The van der Waals surface area contributed by atoms with E-state index in [1.165, 1.54) is 77.0 Å². The van der Waals surface area contributed by atoms with Crippen LogP contribution in [0.4, 0.5) is 0 Å². The molecule has 9 aliphatic rings. The molecule has 10 nitrogen and oxygen atoms in total. The van der Waals surface area contributed by atoms with Gasteiger partial charge >= 0.3 is 5.97 Å². The van der Waals surface area contributed by atoms with Gasteiger partial charge in [0, 0.05) is 5.92 Å². The lowest BCUT2D eigenvalue weighted by atomic mass is 9.71. The normalized spacial score (nSPS) is 55.0. The highest BCUT2D eigenvalue weighted by Crippen LogP contribution is 2.47. The van der Waals surface area contributed by atoms with Crippen molar-refractivity contribution in [1.82, 2.24) is 42.5 Å². The zero-order valence-electron chi connectivity index (χ0n) is 26.1. The Labute approximate surface area is 268 Å². The number of halogens is 1. The first-order chi connectivity index (χ1) is 21.7. The quantitative estimate of drug-likeness (QED) is 0.219. The smallest absolute Gasteiger partial charge is 0.328 e. The van der Waals surface area contributed by atoms with Crippen LogP contribution in [0.3, 0.4) is 0 Å². The molecule has 17 atom stereocenters. The molecule has 0 aromatic rings. The minimum atomic E-state index is -0.254. The van der Waals surface area contributed by atoms with Crippen LogP contribution in [0.25, 0.3) is 0 Å². The molecule has 44 heavy (non-hydrogen) atoms. The Morgan fingerprint density at radius 1 is 0.409 bits per heavy atom. The Morgan fingerprint density at radius 3 is 1.05 bits per heavy atom. The number of nitrogens with one attached hydrogen (secondary N) is 8. The molecule has 5 saturated heterocycles. The SMILES string of the molecule is O=C(OCl)C1CCCC2C3NC4NC(NC5NC(NC6NC(NC(N3)C12)C1CCCCC61)C1CCCCC51)C1CCCCC41. The van der Waals surface area contributed by atoms with Gasteiger partial charge in [-0.05, 0) is 92.8 Å². The van der Waals surface area contributed by atoms with Crippen molar-refractivity contribution in [3.63, 3.8) is 0 Å². The molecule has 0 amide bonds. The Morgan fingerprint density at radius 2 is 0.705 bits per heavy atom. The summed E-state index contributed by atoms with van der Waals surface area (Å²) >= 11 is 5.76. The fraction of sp³-hybridized carbons (Fsp3) is 0.970. The average Bonchev–Trinajstić information content (AvgIpc) is 3.80. The number of hydrogen-bond donors (Lipinski definition) is 8. The van der Waals surface area contributed by atoms with Gasteiger partial charge in [-0.3, -0.25) is 47.3 Å². The lowest BCUT2D eigenvalue weighted by Gasteiger charge is -2.38. The molecule has 11 heteroatoms. The van der Waals surface area contributed by atoms with E-state index in [1.807, 2.05) is 0 Å². The Hall–Kier alpha value is -0.560. The van der Waals surface area contributed by atoms with Crippen molar-refractivity contribution in [2.45, 2.75) is 146 Å². The van der Waals surface area contributed by atoms with E-state index in [-0.39, 0.29) is 42.5 Å². The standard InChI is InChI=1S/C33H55ClN8O2/c34-44-33(43)23-15-7-14-22-24(23)32-41-30-21-13-6-5-12-20(21)28(39-30)37-26-17-9-2-1-8-16(17)25(35-26)36-27-18-10-3-4-11-19(18)29(38-27)40-31(22)42-32/h16-32,35-42H,1-15H2. The molecular formula is C33H55ClN8O2. The second-order valence-corrected chi connectivity index (χ2v) is 16.3. The summed E-state index contributed by atoms with van der Waals surface area (Å²) in [5, 5.41) is 33.1. The van der Waals surface area contributed by atoms with Crippen LogP contribution in [-0.4, -0.2) is 55.3 Å². The maximum atomic E-state index is 13.1. The summed E-state index contributed by atoms with van der Waals surface area (Å²) in [6.45, 7) is 0. The summed E-state index contributed by atoms with van der Waals surface area (Å²) in [5.74, 6) is 3.90. The molecule has 9 fully saturated rings. The van der Waals surface area contributed by atoms with Gasteiger partial charge in [0.05, 0.1) is 55.2 Å². The van der Waals surface area contributed by atoms with Gasteiger partial charge in [-0.1, -0.05) is 44.9 Å². The van der Waals surface area contributed by atoms with Crippen molar-refractivity contribution in [1.29, 1.82) is 0 Å². The lowest BCUT2D eigenvalue weighted by molar-refractivity contribution is -0.143. The number of carbonyl (C=O) groups is 1. The number of fused-ring (bicyclic) bond motifs is 20. The molecule has 4 saturated carbocycles. The third kappa shape index (κ3) is 5.00. The van der Waals surface area contributed by atoms with E-state index in [4.69, 9.17) is 16.2 Å². The number of carbonyl (C=O) groups excluding carboxylic acids is 1. The third-order valence-corrected chi connectivity index (χ3v) is 14.4. The zero-order valence-corrected chi connectivity index (χ0v) is 26.9. The third-order valence-electron chi connectivity index (χ3n) is 14.3. The number of rotatable bonds is 1. The summed E-state index contributed by atoms with van der Waals surface area (Å²) in [6.07, 6.45) is 20.7. The van der Waals surface area contributed by atoms with Gasteiger partial charge in [0.15, 0.2) is 0 Å². The summed E-state index contributed by atoms with van der Waals surface area (Å²) in [5.41, 5.74) is 0. The summed E-state index contributed by atoms with van der Waals surface area (Å²) in [4.78, 5) is 13.1. The predicted molar refractivity (Wildman–Crippen MR) is 168 cm³/mol. The van der Waals surface area contributed by atoms with Crippen LogP contribution in [-0.2, 0) is 9.08 Å². The highest BCUT2D eigenvalue weighted by atomic mass is 35.5. The Kier molecular flexibility index (Phi) is 8.17. The molecule has 4 aliphatic carbocycles. The molecule has 0 aromatic heterocycles. The first-order valence-electron chi connectivity index (χ1n) is 18.6. The van der Waals surface area contributed by atoms with Gasteiger partial charge < -0.3 is 4.29 Å². The molecule has 5 aliphatic heterocycles. The second kappa shape index (κ2) is 12.2. The highest BCUT2D eigenvalue weighted by molar-refractivity contribution is 6.13. The van der Waals surface area contributed by atoms with E-state index in [0.29, 0.717) is 66.1 Å². The van der Waals surface area contributed by atoms with Gasteiger partial charge in [-0.2, -0.15) is 0 Å². The molecule has 0 spiro atoms. The van der Waals surface area contributed by atoms with Gasteiger partial charge in [0.1, 0.15) is 11.9 Å². The predicted octanol–water partition coefficient (Wildman–Crippen LogP) is 2.53. The van der Waals surface area contributed by atoms with Gasteiger partial charge in [0.2, 0.25) is 0 Å². The van der Waals surface area contributed by atoms with Crippen LogP contribution in [0.1, 0.15) is 96.3 Å². The summed E-state index contributed by atoms with van der Waals surface area (Å²) < 4.78 is 4.90. The largest absolute Gasteiger partial charge is 0.347 e. The molecule has 0 aromatic carbocycles. The molecule has 17 unspecified atom stereocenters. The van der Waals surface area contributed by atoms with Crippen molar-refractivity contribution in [3.8, 4) is 0 Å². The van der Waals surface area contributed by atoms with E-state index >= 15 is 0 Å². The van der Waals surface area contributed by atoms with Crippen LogP contribution in [0.2, 0.25) is 0 Å². The summed E-state index contributed by atoms with van der Waals surface area (Å²) in [7, 11) is 0. The monoisotopic (exact) mass is 630 g/mol. The van der Waals surface area contributed by atoms with E-state index in [9.17, 15) is 4.79 Å². The minimum Gasteiger partial charge on any atom is -0.347 e.